The predicted octanol–water partition coefficient (Wildman–Crippen LogP) is 12.1. The molecule has 3 aromatic heterocycles. The molecule has 0 spiro atoms. The van der Waals surface area contributed by atoms with Crippen molar-refractivity contribution in [2.75, 3.05) is 0 Å². The highest BCUT2D eigenvalue weighted by Crippen LogP contribution is 2.37. The summed E-state index contributed by atoms with van der Waals surface area (Å²) in [5.74, 6) is 3.68. The van der Waals surface area contributed by atoms with Crippen molar-refractivity contribution in [3.8, 4) is 68.3 Å². The van der Waals surface area contributed by atoms with E-state index in [1.165, 1.54) is 0 Å². The van der Waals surface area contributed by atoms with Crippen molar-refractivity contribution in [3.63, 3.8) is 0 Å². The van der Waals surface area contributed by atoms with Crippen LogP contribution in [0, 0.1) is 0 Å². The van der Waals surface area contributed by atoms with Gasteiger partial charge in [0.1, 0.15) is 11.2 Å². The van der Waals surface area contributed by atoms with E-state index in [1.54, 1.807) is 11.8 Å². The third kappa shape index (κ3) is 6.59. The molecule has 7 aromatic carbocycles. The maximum Gasteiger partial charge on any atom is 0.164 e. The van der Waals surface area contributed by atoms with Gasteiger partial charge in [-0.25, -0.2) is 29.9 Å². The highest BCUT2D eigenvalue weighted by atomic mass is 32.2. The van der Waals surface area contributed by atoms with Crippen LogP contribution in [0.5, 0.6) is 0 Å². The molecule has 8 heteroatoms. The fourth-order valence-electron chi connectivity index (χ4n) is 6.75. The largest absolute Gasteiger partial charge is 0.456 e. The number of rotatable bonds is 8. The topological polar surface area (TPSA) is 90.5 Å². The Kier molecular flexibility index (Phi) is 8.62. The number of hydrogen-bond acceptors (Lipinski definition) is 8. The van der Waals surface area contributed by atoms with Gasteiger partial charge in [0.2, 0.25) is 0 Å². The maximum atomic E-state index is 6.20. The predicted molar refractivity (Wildman–Crippen MR) is 224 cm³/mol. The average molecular weight is 739 g/mol. The Morgan fingerprint density at radius 1 is 0.321 bits per heavy atom. The molecule has 56 heavy (non-hydrogen) atoms. The van der Waals surface area contributed by atoms with Crippen LogP contribution in [-0.4, -0.2) is 29.9 Å². The number of benzene rings is 7. The summed E-state index contributed by atoms with van der Waals surface area (Å²) in [5, 5.41) is 2.01. The first kappa shape index (κ1) is 33.3. The lowest BCUT2D eigenvalue weighted by Gasteiger charge is -2.10. The first-order valence-corrected chi connectivity index (χ1v) is 19.0. The van der Waals surface area contributed by atoms with Gasteiger partial charge in [0.05, 0.1) is 0 Å². The Morgan fingerprint density at radius 2 is 0.768 bits per heavy atom. The molecule has 264 valence electrons. The molecule has 0 amide bonds. The van der Waals surface area contributed by atoms with Crippen LogP contribution in [0.15, 0.2) is 196 Å². The molecule has 0 radical (unpaired) electrons. The van der Waals surface area contributed by atoms with Crippen LogP contribution in [0.4, 0.5) is 0 Å². The number of aromatic nitrogens is 6. The Hall–Kier alpha value is -7.29. The van der Waals surface area contributed by atoms with Crippen molar-refractivity contribution in [2.45, 2.75) is 9.79 Å². The summed E-state index contributed by atoms with van der Waals surface area (Å²) in [4.78, 5) is 31.9. The maximum absolute atomic E-state index is 6.20. The van der Waals surface area contributed by atoms with E-state index in [0.29, 0.717) is 34.9 Å². The lowest BCUT2D eigenvalue weighted by Crippen LogP contribution is -2.00. The summed E-state index contributed by atoms with van der Waals surface area (Å²) >= 11 is 1.67. The van der Waals surface area contributed by atoms with Crippen molar-refractivity contribution in [1.29, 1.82) is 0 Å². The highest BCUT2D eigenvalue weighted by Gasteiger charge is 2.18. The fourth-order valence-corrected chi connectivity index (χ4v) is 7.62. The summed E-state index contributed by atoms with van der Waals surface area (Å²) < 4.78 is 6.20. The molecule has 10 aromatic rings. The zero-order chi connectivity index (χ0) is 37.3. The smallest absolute Gasteiger partial charge is 0.164 e. The third-order valence-corrected chi connectivity index (χ3v) is 10.4. The summed E-state index contributed by atoms with van der Waals surface area (Å²) in [6, 6.07) is 60.8. The number of fused-ring (bicyclic) bond motifs is 3. The monoisotopic (exact) mass is 738 g/mol. The molecule has 0 bridgehead atoms. The molecule has 0 fully saturated rings. The van der Waals surface area contributed by atoms with Gasteiger partial charge in [-0.3, -0.25) is 0 Å². The molecule has 0 saturated heterocycles. The Morgan fingerprint density at radius 3 is 1.36 bits per heavy atom. The number of hydrogen-bond donors (Lipinski definition) is 0. The van der Waals surface area contributed by atoms with E-state index in [1.807, 2.05) is 140 Å². The van der Waals surface area contributed by atoms with Gasteiger partial charge in [-0.1, -0.05) is 157 Å². The third-order valence-electron chi connectivity index (χ3n) is 9.45. The number of nitrogens with zero attached hydrogens (tertiary/aromatic N) is 6. The normalized spacial score (nSPS) is 11.3. The van der Waals surface area contributed by atoms with Gasteiger partial charge in [0.25, 0.3) is 0 Å². The fraction of sp³-hybridized carbons (Fsp3) is 0. The average Bonchev–Trinajstić information content (AvgIpc) is 3.66. The lowest BCUT2D eigenvalue weighted by molar-refractivity contribution is 0.669. The summed E-state index contributed by atoms with van der Waals surface area (Å²) in [6.07, 6.45) is 0. The minimum atomic E-state index is 0.588. The van der Waals surface area contributed by atoms with Crippen molar-refractivity contribution < 1.29 is 4.42 Å². The van der Waals surface area contributed by atoms with E-state index in [2.05, 4.69) is 42.5 Å². The van der Waals surface area contributed by atoms with Crippen molar-refractivity contribution in [3.05, 3.63) is 182 Å². The second kappa shape index (κ2) is 14.5. The van der Waals surface area contributed by atoms with Crippen molar-refractivity contribution in [1.82, 2.24) is 29.9 Å². The van der Waals surface area contributed by atoms with E-state index in [-0.39, 0.29) is 0 Å². The van der Waals surface area contributed by atoms with Crippen LogP contribution in [0.1, 0.15) is 0 Å². The summed E-state index contributed by atoms with van der Waals surface area (Å²) in [6.45, 7) is 0. The summed E-state index contributed by atoms with van der Waals surface area (Å²) in [5.41, 5.74) is 7.10. The van der Waals surface area contributed by atoms with Gasteiger partial charge < -0.3 is 4.42 Å². The Labute approximate surface area is 326 Å². The van der Waals surface area contributed by atoms with Crippen LogP contribution in [0.25, 0.3) is 90.3 Å². The molecule has 0 saturated carbocycles. The second-order valence-electron chi connectivity index (χ2n) is 13.1. The van der Waals surface area contributed by atoms with Crippen molar-refractivity contribution in [2.24, 2.45) is 0 Å². The van der Waals surface area contributed by atoms with E-state index < -0.39 is 0 Å². The standard InChI is InChI=1S/C48H30N6OS/c1-4-14-31(15-5-1)43-49-44(32-16-6-2-7-17-32)52-47(51-43)35-20-12-21-37(30-35)56-36-28-26-34(27-29-36)46-50-45(33-18-8-3-9-19-33)53-48(54-46)39-23-13-25-41-42(39)38-22-10-11-24-40(38)55-41/h1-30H. The van der Waals surface area contributed by atoms with Crippen LogP contribution in [0.3, 0.4) is 0 Å². The molecule has 0 aliphatic rings. The van der Waals surface area contributed by atoms with E-state index in [0.717, 1.165) is 65.1 Å². The van der Waals surface area contributed by atoms with Gasteiger partial charge in [-0.15, -0.1) is 0 Å². The molecule has 10 rings (SSSR count). The van der Waals surface area contributed by atoms with Crippen LogP contribution < -0.4 is 0 Å². The van der Waals surface area contributed by atoms with Gasteiger partial charge in [-0.05, 0) is 36.4 Å². The van der Waals surface area contributed by atoms with Crippen molar-refractivity contribution >= 4 is 33.7 Å². The Bertz CT molecular complexity index is 2930. The van der Waals surface area contributed by atoms with E-state index in [4.69, 9.17) is 34.3 Å². The molecular formula is C48H30N6OS. The first-order valence-electron chi connectivity index (χ1n) is 18.2. The minimum Gasteiger partial charge on any atom is -0.456 e. The zero-order valence-electron chi connectivity index (χ0n) is 29.8. The molecule has 0 N–H and O–H groups in total. The summed E-state index contributed by atoms with van der Waals surface area (Å²) in [7, 11) is 0. The van der Waals surface area contributed by atoms with Gasteiger partial charge >= 0.3 is 0 Å². The molecule has 7 nitrogen and oxygen atoms in total. The second-order valence-corrected chi connectivity index (χ2v) is 14.3. The molecule has 0 atom stereocenters. The lowest BCUT2D eigenvalue weighted by atomic mass is 10.1. The molecule has 0 aliphatic heterocycles. The molecular weight excluding hydrogens is 709 g/mol. The van der Waals surface area contributed by atoms with E-state index in [9.17, 15) is 0 Å². The SMILES string of the molecule is c1ccc(-c2nc(-c3ccccc3)nc(-c3cccc(Sc4ccc(-c5nc(-c6ccccc6)nc(-c6cccc7oc8ccccc8c67)n5)cc4)c3)n2)cc1. The van der Waals surface area contributed by atoms with Crippen LogP contribution in [0.2, 0.25) is 0 Å². The first-order chi connectivity index (χ1) is 27.7. The number of para-hydroxylation sites is 1. The van der Waals surface area contributed by atoms with Crippen LogP contribution in [-0.2, 0) is 0 Å². The molecule has 0 aliphatic carbocycles. The quantitative estimate of drug-likeness (QED) is 0.152. The Balaban J connectivity index is 0.988. The highest BCUT2D eigenvalue weighted by molar-refractivity contribution is 7.99. The molecule has 0 unspecified atom stereocenters. The molecule has 3 heterocycles. The van der Waals surface area contributed by atoms with Crippen LogP contribution >= 0.6 is 11.8 Å². The van der Waals surface area contributed by atoms with Gasteiger partial charge in [0, 0.05) is 53.9 Å². The zero-order valence-corrected chi connectivity index (χ0v) is 30.6. The van der Waals surface area contributed by atoms with E-state index >= 15 is 0 Å². The van der Waals surface area contributed by atoms with Gasteiger partial charge in [0.15, 0.2) is 34.9 Å². The minimum absolute atomic E-state index is 0.588. The number of furan rings is 1. The van der Waals surface area contributed by atoms with Gasteiger partial charge in [-0.2, -0.15) is 0 Å².